The van der Waals surface area contributed by atoms with E-state index in [0.717, 1.165) is 15.8 Å². The van der Waals surface area contributed by atoms with Gasteiger partial charge in [-0.25, -0.2) is 0 Å². The molecule has 3 heteroatoms. The first kappa shape index (κ1) is 14.8. The van der Waals surface area contributed by atoms with Gasteiger partial charge >= 0.3 is 0 Å². The SMILES string of the molecule is Cc1cc(OC(C)C)cc(C(=O)c2ccc(Br)cc2)c1. The summed E-state index contributed by atoms with van der Waals surface area (Å²) in [4.78, 5) is 12.5. The number of benzene rings is 2. The summed E-state index contributed by atoms with van der Waals surface area (Å²) >= 11 is 3.37. The van der Waals surface area contributed by atoms with Crippen LogP contribution in [-0.4, -0.2) is 11.9 Å². The van der Waals surface area contributed by atoms with Crippen molar-refractivity contribution in [3.8, 4) is 5.75 Å². The van der Waals surface area contributed by atoms with Crippen LogP contribution >= 0.6 is 15.9 Å². The highest BCUT2D eigenvalue weighted by Crippen LogP contribution is 2.21. The van der Waals surface area contributed by atoms with Gasteiger partial charge in [-0.2, -0.15) is 0 Å². The van der Waals surface area contributed by atoms with E-state index in [1.807, 2.05) is 57.2 Å². The van der Waals surface area contributed by atoms with Crippen molar-refractivity contribution in [3.05, 3.63) is 63.6 Å². The Labute approximate surface area is 127 Å². The van der Waals surface area contributed by atoms with Crippen LogP contribution in [0.2, 0.25) is 0 Å². The fourth-order valence-corrected chi connectivity index (χ4v) is 2.25. The van der Waals surface area contributed by atoms with Gasteiger partial charge < -0.3 is 4.74 Å². The second kappa shape index (κ2) is 6.23. The molecule has 0 atom stereocenters. The van der Waals surface area contributed by atoms with Gasteiger partial charge in [0.2, 0.25) is 0 Å². The fraction of sp³-hybridized carbons (Fsp3) is 0.235. The van der Waals surface area contributed by atoms with E-state index in [9.17, 15) is 4.79 Å². The van der Waals surface area contributed by atoms with Crippen LogP contribution in [0.4, 0.5) is 0 Å². The zero-order valence-corrected chi connectivity index (χ0v) is 13.4. The van der Waals surface area contributed by atoms with Crippen molar-refractivity contribution in [2.75, 3.05) is 0 Å². The van der Waals surface area contributed by atoms with E-state index < -0.39 is 0 Å². The Hall–Kier alpha value is -1.61. The number of aryl methyl sites for hydroxylation is 1. The van der Waals surface area contributed by atoms with Gasteiger partial charge in [0.05, 0.1) is 6.10 Å². The Bertz CT molecular complexity index is 615. The van der Waals surface area contributed by atoms with Crippen molar-refractivity contribution < 1.29 is 9.53 Å². The second-order valence-corrected chi connectivity index (χ2v) is 5.95. The third-order valence-corrected chi connectivity index (χ3v) is 3.32. The lowest BCUT2D eigenvalue weighted by Gasteiger charge is -2.12. The van der Waals surface area contributed by atoms with Crippen LogP contribution in [0.15, 0.2) is 46.9 Å². The third-order valence-electron chi connectivity index (χ3n) is 2.79. The molecule has 2 rings (SSSR count). The molecule has 0 aliphatic rings. The quantitative estimate of drug-likeness (QED) is 0.753. The zero-order chi connectivity index (χ0) is 14.7. The van der Waals surface area contributed by atoms with E-state index in [2.05, 4.69) is 15.9 Å². The standard InChI is InChI=1S/C17H17BrO2/c1-11(2)20-16-9-12(3)8-14(10-16)17(19)13-4-6-15(18)7-5-13/h4-11H,1-3H3. The highest BCUT2D eigenvalue weighted by atomic mass is 79.9. The monoisotopic (exact) mass is 332 g/mol. The molecule has 0 fully saturated rings. The van der Waals surface area contributed by atoms with Crippen molar-refractivity contribution in [3.63, 3.8) is 0 Å². The summed E-state index contributed by atoms with van der Waals surface area (Å²) in [5, 5.41) is 0. The van der Waals surface area contributed by atoms with Crippen LogP contribution in [-0.2, 0) is 0 Å². The molecule has 0 amide bonds. The van der Waals surface area contributed by atoms with Gasteiger partial charge in [0.15, 0.2) is 5.78 Å². The van der Waals surface area contributed by atoms with Gasteiger partial charge in [0.25, 0.3) is 0 Å². The fourth-order valence-electron chi connectivity index (χ4n) is 1.99. The Balaban J connectivity index is 2.34. The lowest BCUT2D eigenvalue weighted by molar-refractivity contribution is 0.103. The Morgan fingerprint density at radius 2 is 1.70 bits per heavy atom. The predicted molar refractivity (Wildman–Crippen MR) is 84.5 cm³/mol. The first-order valence-electron chi connectivity index (χ1n) is 6.54. The smallest absolute Gasteiger partial charge is 0.193 e. The average Bonchev–Trinajstić information content (AvgIpc) is 2.37. The normalized spacial score (nSPS) is 10.7. The summed E-state index contributed by atoms with van der Waals surface area (Å²) in [6.07, 6.45) is 0.0902. The summed E-state index contributed by atoms with van der Waals surface area (Å²) in [7, 11) is 0. The molecule has 0 N–H and O–H groups in total. The van der Waals surface area contributed by atoms with Gasteiger partial charge in [-0.3, -0.25) is 4.79 Å². The number of carbonyl (C=O) groups excluding carboxylic acids is 1. The average molecular weight is 333 g/mol. The number of ether oxygens (including phenoxy) is 1. The van der Waals surface area contributed by atoms with Crippen LogP contribution in [0.3, 0.4) is 0 Å². The Kier molecular flexibility index (Phi) is 4.61. The highest BCUT2D eigenvalue weighted by molar-refractivity contribution is 9.10. The van der Waals surface area contributed by atoms with Crippen molar-refractivity contribution in [2.45, 2.75) is 26.9 Å². The van der Waals surface area contributed by atoms with Crippen LogP contribution in [0, 0.1) is 6.92 Å². The molecule has 2 nitrogen and oxygen atoms in total. The molecule has 0 aliphatic carbocycles. The van der Waals surface area contributed by atoms with Gasteiger partial charge in [0.1, 0.15) is 5.75 Å². The molecule has 0 saturated carbocycles. The zero-order valence-electron chi connectivity index (χ0n) is 11.8. The first-order valence-corrected chi connectivity index (χ1v) is 7.33. The number of hydrogen-bond donors (Lipinski definition) is 0. The summed E-state index contributed by atoms with van der Waals surface area (Å²) in [6, 6.07) is 13.0. The number of hydrogen-bond acceptors (Lipinski definition) is 2. The maximum absolute atomic E-state index is 12.5. The molecule has 0 bridgehead atoms. The van der Waals surface area contributed by atoms with Crippen molar-refractivity contribution in [1.82, 2.24) is 0 Å². The van der Waals surface area contributed by atoms with E-state index in [0.29, 0.717) is 11.1 Å². The minimum atomic E-state index is 0.00908. The first-order chi connectivity index (χ1) is 9.45. The Morgan fingerprint density at radius 3 is 2.30 bits per heavy atom. The maximum atomic E-state index is 12.5. The molecule has 0 spiro atoms. The van der Waals surface area contributed by atoms with Crippen LogP contribution in [0.5, 0.6) is 5.75 Å². The molecule has 0 aliphatic heterocycles. The van der Waals surface area contributed by atoms with Crippen molar-refractivity contribution in [2.24, 2.45) is 0 Å². The molecule has 2 aromatic carbocycles. The largest absolute Gasteiger partial charge is 0.491 e. The summed E-state index contributed by atoms with van der Waals surface area (Å²) < 4.78 is 6.64. The van der Waals surface area contributed by atoms with E-state index in [1.54, 1.807) is 6.07 Å². The molecule has 0 heterocycles. The number of ketones is 1. The topological polar surface area (TPSA) is 26.3 Å². The number of halogens is 1. The molecule has 0 unspecified atom stereocenters. The predicted octanol–water partition coefficient (Wildman–Crippen LogP) is 4.78. The summed E-state index contributed by atoms with van der Waals surface area (Å²) in [5.74, 6) is 0.746. The maximum Gasteiger partial charge on any atom is 0.193 e. The van der Waals surface area contributed by atoms with Gasteiger partial charge in [0, 0.05) is 15.6 Å². The van der Waals surface area contributed by atoms with Crippen LogP contribution < -0.4 is 4.74 Å². The minimum Gasteiger partial charge on any atom is -0.491 e. The molecule has 104 valence electrons. The van der Waals surface area contributed by atoms with E-state index in [1.165, 1.54) is 0 Å². The van der Waals surface area contributed by atoms with Gasteiger partial charge in [-0.1, -0.05) is 15.9 Å². The second-order valence-electron chi connectivity index (χ2n) is 5.04. The molecule has 0 saturated heterocycles. The van der Waals surface area contributed by atoms with E-state index in [4.69, 9.17) is 4.74 Å². The van der Waals surface area contributed by atoms with Crippen LogP contribution in [0.1, 0.15) is 35.3 Å². The van der Waals surface area contributed by atoms with Gasteiger partial charge in [-0.15, -0.1) is 0 Å². The third kappa shape index (κ3) is 3.70. The number of carbonyl (C=O) groups is 1. The summed E-state index contributed by atoms with van der Waals surface area (Å²) in [6.45, 7) is 5.91. The highest BCUT2D eigenvalue weighted by Gasteiger charge is 2.11. The Morgan fingerprint density at radius 1 is 1.05 bits per heavy atom. The van der Waals surface area contributed by atoms with Crippen LogP contribution in [0.25, 0.3) is 0 Å². The molecule has 2 aromatic rings. The molecular weight excluding hydrogens is 316 g/mol. The summed E-state index contributed by atoms with van der Waals surface area (Å²) in [5.41, 5.74) is 2.35. The lowest BCUT2D eigenvalue weighted by atomic mass is 10.0. The molecule has 20 heavy (non-hydrogen) atoms. The van der Waals surface area contributed by atoms with Crippen molar-refractivity contribution in [1.29, 1.82) is 0 Å². The van der Waals surface area contributed by atoms with E-state index in [-0.39, 0.29) is 11.9 Å². The minimum absolute atomic E-state index is 0.00908. The van der Waals surface area contributed by atoms with Crippen molar-refractivity contribution >= 4 is 21.7 Å². The van der Waals surface area contributed by atoms with E-state index >= 15 is 0 Å². The molecule has 0 radical (unpaired) electrons. The van der Waals surface area contributed by atoms with Gasteiger partial charge in [-0.05, 0) is 68.8 Å². The number of rotatable bonds is 4. The molecule has 0 aromatic heterocycles. The lowest BCUT2D eigenvalue weighted by Crippen LogP contribution is -2.07. The molecular formula is C17H17BrO2.